The van der Waals surface area contributed by atoms with Crippen molar-refractivity contribution in [3.05, 3.63) is 29.6 Å². The van der Waals surface area contributed by atoms with Crippen molar-refractivity contribution in [1.82, 2.24) is 9.88 Å². The highest BCUT2D eigenvalue weighted by atomic mass is 16.5. The third kappa shape index (κ3) is 3.52. The smallest absolute Gasteiger partial charge is 0.272 e. The molecule has 1 amide bonds. The number of nitriles is 1. The fourth-order valence-electron chi connectivity index (χ4n) is 2.18. The number of nitrogens with zero attached hydrogens (tertiary/aromatic N) is 3. The van der Waals surface area contributed by atoms with Gasteiger partial charge >= 0.3 is 0 Å². The Morgan fingerprint density at radius 3 is 2.84 bits per heavy atom. The first-order chi connectivity index (χ1) is 9.20. The van der Waals surface area contributed by atoms with Gasteiger partial charge in [0, 0.05) is 33.0 Å². The van der Waals surface area contributed by atoms with Crippen molar-refractivity contribution in [2.24, 2.45) is 5.92 Å². The summed E-state index contributed by atoms with van der Waals surface area (Å²) in [7, 11) is 1.79. The topological polar surface area (TPSA) is 66.2 Å². The Morgan fingerprint density at radius 1 is 1.53 bits per heavy atom. The molecule has 0 aliphatic carbocycles. The summed E-state index contributed by atoms with van der Waals surface area (Å²) < 4.78 is 5.31. The van der Waals surface area contributed by atoms with Gasteiger partial charge in [-0.25, -0.2) is 4.98 Å². The maximum absolute atomic E-state index is 12.2. The number of ether oxygens (including phenoxy) is 1. The molecule has 0 atom stereocenters. The summed E-state index contributed by atoms with van der Waals surface area (Å²) in [5.74, 6) is 0.400. The van der Waals surface area contributed by atoms with Crippen molar-refractivity contribution in [2.75, 3.05) is 26.8 Å². The van der Waals surface area contributed by atoms with Crippen molar-refractivity contribution < 1.29 is 9.53 Å². The predicted molar refractivity (Wildman–Crippen MR) is 69.5 cm³/mol. The molecule has 1 aromatic rings. The first-order valence-electron chi connectivity index (χ1n) is 6.40. The molecule has 0 radical (unpaired) electrons. The molecule has 19 heavy (non-hydrogen) atoms. The molecule has 2 heterocycles. The van der Waals surface area contributed by atoms with Gasteiger partial charge in [-0.2, -0.15) is 5.26 Å². The maximum Gasteiger partial charge on any atom is 0.272 e. The van der Waals surface area contributed by atoms with E-state index in [9.17, 15) is 4.79 Å². The summed E-state index contributed by atoms with van der Waals surface area (Å²) >= 11 is 0. The standard InChI is InChI=1S/C14H17N3O2/c1-17(10-11-4-6-19-7-5-11)14(18)13-3-2-12(8-15)9-16-13/h2-3,9,11H,4-7,10H2,1H3. The molecular formula is C14H17N3O2. The normalized spacial score (nSPS) is 15.8. The lowest BCUT2D eigenvalue weighted by molar-refractivity contribution is 0.0495. The first-order valence-corrected chi connectivity index (χ1v) is 6.40. The van der Waals surface area contributed by atoms with Gasteiger partial charge in [0.15, 0.2) is 0 Å². The Kier molecular flexibility index (Phi) is 4.48. The number of pyridine rings is 1. The Labute approximate surface area is 112 Å². The number of hydrogen-bond acceptors (Lipinski definition) is 4. The molecule has 5 nitrogen and oxygen atoms in total. The molecule has 2 rings (SSSR count). The van der Waals surface area contributed by atoms with E-state index in [0.717, 1.165) is 32.6 Å². The van der Waals surface area contributed by atoms with E-state index >= 15 is 0 Å². The fraction of sp³-hybridized carbons (Fsp3) is 0.500. The molecule has 0 saturated carbocycles. The van der Waals surface area contributed by atoms with Gasteiger partial charge in [-0.15, -0.1) is 0 Å². The van der Waals surface area contributed by atoms with E-state index in [4.69, 9.17) is 10.00 Å². The van der Waals surface area contributed by atoms with Crippen LogP contribution in [-0.2, 0) is 4.74 Å². The number of aromatic nitrogens is 1. The SMILES string of the molecule is CN(CC1CCOCC1)C(=O)c1ccc(C#N)cn1. The van der Waals surface area contributed by atoms with E-state index in [1.165, 1.54) is 6.20 Å². The van der Waals surface area contributed by atoms with Crippen LogP contribution in [0.15, 0.2) is 18.3 Å². The van der Waals surface area contributed by atoms with Crippen molar-refractivity contribution in [3.63, 3.8) is 0 Å². The number of hydrogen-bond donors (Lipinski definition) is 0. The first kappa shape index (κ1) is 13.5. The molecule has 0 spiro atoms. The summed E-state index contributed by atoms with van der Waals surface area (Å²) in [6, 6.07) is 5.20. The second kappa shape index (κ2) is 6.30. The van der Waals surface area contributed by atoms with Crippen LogP contribution in [-0.4, -0.2) is 42.6 Å². The Balaban J connectivity index is 1.95. The zero-order valence-electron chi connectivity index (χ0n) is 11.0. The zero-order valence-corrected chi connectivity index (χ0v) is 11.0. The van der Waals surface area contributed by atoms with E-state index in [-0.39, 0.29) is 5.91 Å². The van der Waals surface area contributed by atoms with Gasteiger partial charge in [0.25, 0.3) is 5.91 Å². The van der Waals surface area contributed by atoms with Crippen molar-refractivity contribution in [3.8, 4) is 6.07 Å². The minimum absolute atomic E-state index is 0.101. The Bertz CT molecular complexity index is 472. The molecule has 100 valence electrons. The van der Waals surface area contributed by atoms with Crippen LogP contribution in [0.1, 0.15) is 28.9 Å². The van der Waals surface area contributed by atoms with Crippen LogP contribution in [0, 0.1) is 17.2 Å². The highest BCUT2D eigenvalue weighted by Crippen LogP contribution is 2.16. The molecule has 0 aromatic carbocycles. The van der Waals surface area contributed by atoms with Crippen LogP contribution in [0.25, 0.3) is 0 Å². The van der Waals surface area contributed by atoms with E-state index in [1.807, 2.05) is 6.07 Å². The van der Waals surface area contributed by atoms with E-state index in [1.54, 1.807) is 24.1 Å². The lowest BCUT2D eigenvalue weighted by atomic mass is 10.00. The number of rotatable bonds is 3. The molecule has 0 bridgehead atoms. The third-order valence-corrected chi connectivity index (χ3v) is 3.33. The van der Waals surface area contributed by atoms with Crippen LogP contribution in [0.3, 0.4) is 0 Å². The summed E-state index contributed by atoms with van der Waals surface area (Å²) in [5, 5.41) is 8.70. The van der Waals surface area contributed by atoms with Gasteiger partial charge in [0.1, 0.15) is 11.8 Å². The quantitative estimate of drug-likeness (QED) is 0.824. The van der Waals surface area contributed by atoms with Crippen LogP contribution < -0.4 is 0 Å². The molecule has 5 heteroatoms. The van der Waals surface area contributed by atoms with Crippen LogP contribution in [0.4, 0.5) is 0 Å². The third-order valence-electron chi connectivity index (χ3n) is 3.33. The maximum atomic E-state index is 12.2. The van der Waals surface area contributed by atoms with Crippen LogP contribution in [0.5, 0.6) is 0 Å². The largest absolute Gasteiger partial charge is 0.381 e. The molecule has 1 aliphatic rings. The molecule has 1 aliphatic heterocycles. The van der Waals surface area contributed by atoms with Crippen LogP contribution in [0.2, 0.25) is 0 Å². The zero-order chi connectivity index (χ0) is 13.7. The van der Waals surface area contributed by atoms with Crippen LogP contribution >= 0.6 is 0 Å². The molecule has 1 fully saturated rings. The summed E-state index contributed by atoms with van der Waals surface area (Å²) in [4.78, 5) is 17.9. The molecular weight excluding hydrogens is 242 g/mol. The highest BCUT2D eigenvalue weighted by Gasteiger charge is 2.20. The minimum atomic E-state index is -0.101. The summed E-state index contributed by atoms with van der Waals surface area (Å²) in [6.07, 6.45) is 3.42. The lowest BCUT2D eigenvalue weighted by Gasteiger charge is -2.27. The van der Waals surface area contributed by atoms with Gasteiger partial charge < -0.3 is 9.64 Å². The monoisotopic (exact) mass is 259 g/mol. The number of carbonyl (C=O) groups is 1. The van der Waals surface area contributed by atoms with Gasteiger partial charge in [-0.3, -0.25) is 4.79 Å². The Morgan fingerprint density at radius 2 is 2.26 bits per heavy atom. The summed E-state index contributed by atoms with van der Waals surface area (Å²) in [5.41, 5.74) is 0.845. The van der Waals surface area contributed by atoms with Gasteiger partial charge in [-0.1, -0.05) is 0 Å². The van der Waals surface area contributed by atoms with Gasteiger partial charge in [0.2, 0.25) is 0 Å². The average molecular weight is 259 g/mol. The molecule has 1 aromatic heterocycles. The second-order valence-corrected chi connectivity index (χ2v) is 4.79. The predicted octanol–water partition coefficient (Wildman–Crippen LogP) is 1.45. The highest BCUT2D eigenvalue weighted by molar-refractivity contribution is 5.92. The number of amides is 1. The second-order valence-electron chi connectivity index (χ2n) is 4.79. The molecule has 0 N–H and O–H groups in total. The van der Waals surface area contributed by atoms with E-state index < -0.39 is 0 Å². The van der Waals surface area contributed by atoms with Gasteiger partial charge in [0.05, 0.1) is 5.56 Å². The minimum Gasteiger partial charge on any atom is -0.381 e. The lowest BCUT2D eigenvalue weighted by Crippen LogP contribution is -2.34. The average Bonchev–Trinajstić information content (AvgIpc) is 2.47. The van der Waals surface area contributed by atoms with Crippen molar-refractivity contribution in [1.29, 1.82) is 5.26 Å². The van der Waals surface area contributed by atoms with E-state index in [0.29, 0.717) is 17.2 Å². The summed E-state index contributed by atoms with van der Waals surface area (Å²) in [6.45, 7) is 2.29. The fourth-order valence-corrected chi connectivity index (χ4v) is 2.18. The van der Waals surface area contributed by atoms with Gasteiger partial charge in [-0.05, 0) is 30.9 Å². The van der Waals surface area contributed by atoms with Crippen molar-refractivity contribution in [2.45, 2.75) is 12.8 Å². The molecule has 1 saturated heterocycles. The Hall–Kier alpha value is -1.93. The molecule has 0 unspecified atom stereocenters. The van der Waals surface area contributed by atoms with Crippen molar-refractivity contribution >= 4 is 5.91 Å². The van der Waals surface area contributed by atoms with E-state index in [2.05, 4.69) is 4.98 Å². The number of carbonyl (C=O) groups excluding carboxylic acids is 1.